The number of rotatable bonds is 24. The summed E-state index contributed by atoms with van der Waals surface area (Å²) in [6.07, 6.45) is 21.6. The highest BCUT2D eigenvalue weighted by molar-refractivity contribution is 7.46. The van der Waals surface area contributed by atoms with Crippen molar-refractivity contribution >= 4 is 7.82 Å². The molecule has 2 N–H and O–H groups in total. The molecule has 1 aromatic heterocycles. The van der Waals surface area contributed by atoms with Crippen molar-refractivity contribution in [1.82, 2.24) is 4.98 Å². The van der Waals surface area contributed by atoms with E-state index in [9.17, 15) is 4.57 Å². The molecule has 1 heterocycles. The first-order valence-corrected chi connectivity index (χ1v) is 15.3. The van der Waals surface area contributed by atoms with Gasteiger partial charge in [0, 0.05) is 6.61 Å². The van der Waals surface area contributed by atoms with Crippen LogP contribution in [0.3, 0.4) is 0 Å². The molecule has 0 fully saturated rings. The van der Waals surface area contributed by atoms with Crippen LogP contribution in [-0.2, 0) is 13.8 Å². The molecule has 0 bridgehead atoms. The van der Waals surface area contributed by atoms with Crippen LogP contribution in [0.1, 0.15) is 115 Å². The van der Waals surface area contributed by atoms with Gasteiger partial charge in [-0.3, -0.25) is 4.52 Å². The summed E-state index contributed by atoms with van der Waals surface area (Å²) in [4.78, 5) is 21.9. The van der Waals surface area contributed by atoms with E-state index in [1.54, 1.807) is 6.07 Å². The molecule has 0 aliphatic carbocycles. The molecular weight excluding hydrogens is 479 g/mol. The summed E-state index contributed by atoms with van der Waals surface area (Å²) in [7, 11) is -4.61. The third kappa shape index (κ3) is 19.7. The van der Waals surface area contributed by atoms with Crippen LogP contribution >= 0.6 is 7.82 Å². The van der Waals surface area contributed by atoms with E-state index in [2.05, 4.69) is 16.4 Å². The smallest absolute Gasteiger partial charge is 0.469 e. The van der Waals surface area contributed by atoms with Gasteiger partial charge in [-0.15, -0.1) is 0 Å². The number of phosphoric ester groups is 1. The van der Waals surface area contributed by atoms with E-state index < -0.39 is 13.9 Å². The maximum absolute atomic E-state index is 11.0. The van der Waals surface area contributed by atoms with E-state index in [1.165, 1.54) is 102 Å². The normalized spacial score (nSPS) is 12.4. The fraction of sp³-hybridized carbons (Fsp3) is 0.778. The van der Waals surface area contributed by atoms with Gasteiger partial charge in [-0.1, -0.05) is 103 Å². The largest absolute Gasteiger partial charge is 0.484 e. The average Bonchev–Trinajstić information content (AvgIpc) is 2.86. The van der Waals surface area contributed by atoms with Crippen LogP contribution in [0, 0.1) is 11.3 Å². The van der Waals surface area contributed by atoms with Crippen molar-refractivity contribution in [1.29, 1.82) is 5.26 Å². The lowest BCUT2D eigenvalue weighted by Crippen LogP contribution is -2.28. The highest BCUT2D eigenvalue weighted by Crippen LogP contribution is 2.36. The van der Waals surface area contributed by atoms with Gasteiger partial charge in [0.05, 0.1) is 19.4 Å². The Balaban J connectivity index is 2.03. The predicted octanol–water partition coefficient (Wildman–Crippen LogP) is 7.09. The van der Waals surface area contributed by atoms with Gasteiger partial charge < -0.3 is 19.3 Å². The zero-order valence-corrected chi connectivity index (χ0v) is 23.0. The Kier molecular flexibility index (Phi) is 19.5. The van der Waals surface area contributed by atoms with Crippen LogP contribution in [0.5, 0.6) is 5.75 Å². The molecule has 1 aromatic rings. The molecule has 0 unspecified atom stereocenters. The standard InChI is InChI=1S/C27H47N2O6P/c1-2-3-4-5-6-7-8-9-10-11-12-13-14-15-16-17-20-33-23-27(24-34-36(30,31)32)35-26-19-18-25(21-28)29-22-26/h18-19,22,27H,2-17,20,23-24H2,1H3,(H2,30,31,32)/t27-/m0/s1. The van der Waals surface area contributed by atoms with Gasteiger partial charge in [-0.25, -0.2) is 9.55 Å². The Bertz CT molecular complexity index is 735. The lowest BCUT2D eigenvalue weighted by molar-refractivity contribution is 0.0178. The zero-order valence-electron chi connectivity index (χ0n) is 22.1. The van der Waals surface area contributed by atoms with Gasteiger partial charge in [0.15, 0.2) is 0 Å². The molecule has 0 aliphatic rings. The highest BCUT2D eigenvalue weighted by atomic mass is 31.2. The van der Waals surface area contributed by atoms with Crippen LogP contribution in [0.2, 0.25) is 0 Å². The first-order chi connectivity index (χ1) is 17.4. The van der Waals surface area contributed by atoms with Crippen molar-refractivity contribution in [3.8, 4) is 11.8 Å². The van der Waals surface area contributed by atoms with E-state index in [4.69, 9.17) is 24.5 Å². The SMILES string of the molecule is CCCCCCCCCCCCCCCCCCOC[C@@H](COP(=O)(O)O)Oc1ccc(C#N)nc1. The number of pyridine rings is 1. The molecule has 8 nitrogen and oxygen atoms in total. The van der Waals surface area contributed by atoms with E-state index in [-0.39, 0.29) is 18.9 Å². The van der Waals surface area contributed by atoms with E-state index in [0.29, 0.717) is 12.4 Å². The molecule has 1 rings (SSSR count). The number of nitriles is 1. The first kappa shape index (κ1) is 32.5. The monoisotopic (exact) mass is 526 g/mol. The van der Waals surface area contributed by atoms with Gasteiger partial charge in [-0.05, 0) is 18.6 Å². The second kappa shape index (κ2) is 21.6. The summed E-state index contributed by atoms with van der Waals surface area (Å²) in [5, 5.41) is 8.83. The fourth-order valence-corrected chi connectivity index (χ4v) is 4.33. The van der Waals surface area contributed by atoms with Crippen molar-refractivity contribution in [2.75, 3.05) is 19.8 Å². The minimum absolute atomic E-state index is 0.138. The summed E-state index contributed by atoms with van der Waals surface area (Å²) in [5.74, 6) is 0.374. The highest BCUT2D eigenvalue weighted by Gasteiger charge is 2.20. The summed E-state index contributed by atoms with van der Waals surface area (Å²) >= 11 is 0. The number of aromatic nitrogens is 1. The third-order valence-corrected chi connectivity index (χ3v) is 6.51. The van der Waals surface area contributed by atoms with Crippen molar-refractivity contribution in [2.24, 2.45) is 0 Å². The van der Waals surface area contributed by atoms with Gasteiger partial charge in [0.2, 0.25) is 0 Å². The molecule has 0 amide bonds. The second-order valence-electron chi connectivity index (χ2n) is 9.40. The lowest BCUT2D eigenvalue weighted by Gasteiger charge is -2.19. The van der Waals surface area contributed by atoms with Gasteiger partial charge >= 0.3 is 7.82 Å². The van der Waals surface area contributed by atoms with E-state index in [1.807, 2.05) is 6.07 Å². The van der Waals surface area contributed by atoms with Crippen LogP contribution in [0.4, 0.5) is 0 Å². The molecule has 0 aromatic carbocycles. The molecule has 0 spiro atoms. The number of hydrogen-bond donors (Lipinski definition) is 2. The molecule has 0 radical (unpaired) electrons. The van der Waals surface area contributed by atoms with Gasteiger partial charge in [0.1, 0.15) is 23.6 Å². The van der Waals surface area contributed by atoms with E-state index >= 15 is 0 Å². The predicted molar refractivity (Wildman–Crippen MR) is 142 cm³/mol. The number of ether oxygens (including phenoxy) is 2. The topological polar surface area (TPSA) is 122 Å². The van der Waals surface area contributed by atoms with Gasteiger partial charge in [-0.2, -0.15) is 5.26 Å². The second-order valence-corrected chi connectivity index (χ2v) is 10.6. The zero-order chi connectivity index (χ0) is 26.3. The number of nitrogens with zero attached hydrogens (tertiary/aromatic N) is 2. The first-order valence-electron chi connectivity index (χ1n) is 13.7. The quantitative estimate of drug-likeness (QED) is 0.108. The Morgan fingerprint density at radius 1 is 0.861 bits per heavy atom. The summed E-state index contributed by atoms with van der Waals surface area (Å²) in [6, 6.07) is 5.00. The Labute approximate surface area is 218 Å². The van der Waals surface area contributed by atoms with Crippen molar-refractivity contribution in [3.05, 3.63) is 24.0 Å². The van der Waals surface area contributed by atoms with Crippen LogP contribution in [0.25, 0.3) is 0 Å². The molecule has 0 aliphatic heterocycles. The lowest BCUT2D eigenvalue weighted by atomic mass is 10.0. The molecule has 0 saturated carbocycles. The number of phosphoric acid groups is 1. The van der Waals surface area contributed by atoms with Gasteiger partial charge in [0.25, 0.3) is 0 Å². The summed E-state index contributed by atoms with van der Waals surface area (Å²) in [5.41, 5.74) is 0.255. The number of hydrogen-bond acceptors (Lipinski definition) is 6. The fourth-order valence-electron chi connectivity index (χ4n) is 3.97. The Morgan fingerprint density at radius 2 is 1.39 bits per heavy atom. The number of unbranched alkanes of at least 4 members (excludes halogenated alkanes) is 15. The van der Waals surface area contributed by atoms with Crippen molar-refractivity contribution in [3.63, 3.8) is 0 Å². The van der Waals surface area contributed by atoms with Crippen LogP contribution in [-0.4, -0.2) is 40.7 Å². The molecule has 0 saturated heterocycles. The Morgan fingerprint density at radius 3 is 1.83 bits per heavy atom. The molecule has 36 heavy (non-hydrogen) atoms. The van der Waals surface area contributed by atoms with E-state index in [0.717, 1.165) is 12.8 Å². The summed E-state index contributed by atoms with van der Waals surface area (Å²) in [6.45, 7) is 2.64. The molecule has 206 valence electrons. The molecule has 1 atom stereocenters. The molecular formula is C27H47N2O6P. The van der Waals surface area contributed by atoms with Crippen LogP contribution in [0.15, 0.2) is 18.3 Å². The molecule has 9 heteroatoms. The summed E-state index contributed by atoms with van der Waals surface area (Å²) < 4.78 is 27.0. The van der Waals surface area contributed by atoms with Crippen LogP contribution < -0.4 is 4.74 Å². The van der Waals surface area contributed by atoms with Crippen molar-refractivity contribution < 1.29 is 28.3 Å². The maximum atomic E-state index is 11.0. The van der Waals surface area contributed by atoms with Crippen molar-refractivity contribution in [2.45, 2.75) is 116 Å². The maximum Gasteiger partial charge on any atom is 0.469 e. The third-order valence-electron chi connectivity index (χ3n) is 6.03. The minimum Gasteiger partial charge on any atom is -0.484 e. The Hall–Kier alpha value is -1.49. The minimum atomic E-state index is -4.61. The average molecular weight is 527 g/mol.